The standard InChI is InChI=1S/C13H14FN3/c1-9-6-7-13(17-16-9)15-10(2)11-4-3-5-12(14)8-11/h3-8,10H,1-2H3,(H,15,17). The molecule has 0 saturated heterocycles. The Hall–Kier alpha value is -1.97. The van der Waals surface area contributed by atoms with E-state index in [1.807, 2.05) is 32.0 Å². The van der Waals surface area contributed by atoms with Crippen LogP contribution in [0.25, 0.3) is 0 Å². The minimum absolute atomic E-state index is 0.0114. The second-order valence-corrected chi connectivity index (χ2v) is 3.98. The van der Waals surface area contributed by atoms with Gasteiger partial charge in [0.05, 0.1) is 11.7 Å². The van der Waals surface area contributed by atoms with Gasteiger partial charge in [0.25, 0.3) is 0 Å². The molecule has 0 aliphatic carbocycles. The van der Waals surface area contributed by atoms with Crippen LogP contribution in [-0.2, 0) is 0 Å². The summed E-state index contributed by atoms with van der Waals surface area (Å²) in [4.78, 5) is 0. The van der Waals surface area contributed by atoms with E-state index in [9.17, 15) is 4.39 Å². The number of nitrogens with one attached hydrogen (secondary N) is 1. The number of aryl methyl sites for hydroxylation is 1. The number of nitrogens with zero attached hydrogens (tertiary/aromatic N) is 2. The normalized spacial score (nSPS) is 12.2. The molecule has 4 heteroatoms. The first-order valence-electron chi connectivity index (χ1n) is 5.47. The number of aromatic nitrogens is 2. The molecule has 1 aromatic heterocycles. The molecule has 0 aliphatic rings. The van der Waals surface area contributed by atoms with Gasteiger partial charge in [-0.3, -0.25) is 0 Å². The molecule has 0 spiro atoms. The van der Waals surface area contributed by atoms with Crippen LogP contribution in [0.15, 0.2) is 36.4 Å². The molecule has 0 aliphatic heterocycles. The highest BCUT2D eigenvalue weighted by atomic mass is 19.1. The predicted molar refractivity (Wildman–Crippen MR) is 65.2 cm³/mol. The maximum atomic E-state index is 13.1. The van der Waals surface area contributed by atoms with Gasteiger partial charge in [0.2, 0.25) is 0 Å². The van der Waals surface area contributed by atoms with Crippen LogP contribution in [0.2, 0.25) is 0 Å². The Kier molecular flexibility index (Phi) is 3.32. The SMILES string of the molecule is Cc1ccc(NC(C)c2cccc(F)c2)nn1. The fourth-order valence-corrected chi connectivity index (χ4v) is 1.56. The minimum atomic E-state index is -0.230. The topological polar surface area (TPSA) is 37.8 Å². The molecule has 1 aromatic carbocycles. The molecule has 0 fully saturated rings. The summed E-state index contributed by atoms with van der Waals surface area (Å²) in [6, 6.07) is 10.3. The number of halogens is 1. The van der Waals surface area contributed by atoms with E-state index in [0.717, 1.165) is 11.3 Å². The monoisotopic (exact) mass is 231 g/mol. The molecule has 0 saturated carbocycles. The van der Waals surface area contributed by atoms with Gasteiger partial charge in [-0.2, -0.15) is 5.10 Å². The fourth-order valence-electron chi connectivity index (χ4n) is 1.56. The average Bonchev–Trinajstić information content (AvgIpc) is 2.32. The lowest BCUT2D eigenvalue weighted by atomic mass is 10.1. The van der Waals surface area contributed by atoms with Gasteiger partial charge < -0.3 is 5.32 Å². The molecule has 2 aromatic rings. The quantitative estimate of drug-likeness (QED) is 0.882. The third-order valence-corrected chi connectivity index (χ3v) is 2.51. The Morgan fingerprint density at radius 2 is 2.00 bits per heavy atom. The van der Waals surface area contributed by atoms with E-state index in [1.54, 1.807) is 6.07 Å². The molecular formula is C13H14FN3. The molecule has 3 nitrogen and oxygen atoms in total. The van der Waals surface area contributed by atoms with Crippen molar-refractivity contribution in [2.75, 3.05) is 5.32 Å². The van der Waals surface area contributed by atoms with E-state index < -0.39 is 0 Å². The highest BCUT2D eigenvalue weighted by Crippen LogP contribution is 2.17. The number of hydrogen-bond acceptors (Lipinski definition) is 3. The summed E-state index contributed by atoms with van der Waals surface area (Å²) in [5.41, 5.74) is 1.75. The van der Waals surface area contributed by atoms with E-state index in [2.05, 4.69) is 15.5 Å². The molecule has 0 amide bonds. The first-order chi connectivity index (χ1) is 8.15. The van der Waals surface area contributed by atoms with Crippen molar-refractivity contribution in [1.82, 2.24) is 10.2 Å². The highest BCUT2D eigenvalue weighted by molar-refractivity contribution is 5.37. The molecule has 17 heavy (non-hydrogen) atoms. The van der Waals surface area contributed by atoms with Crippen molar-refractivity contribution in [3.63, 3.8) is 0 Å². The summed E-state index contributed by atoms with van der Waals surface area (Å²) in [7, 11) is 0. The second kappa shape index (κ2) is 4.91. The smallest absolute Gasteiger partial charge is 0.149 e. The number of rotatable bonds is 3. The molecule has 1 unspecified atom stereocenters. The van der Waals surface area contributed by atoms with Crippen molar-refractivity contribution in [2.24, 2.45) is 0 Å². The lowest BCUT2D eigenvalue weighted by Gasteiger charge is -2.14. The van der Waals surface area contributed by atoms with Gasteiger partial charge in [0, 0.05) is 0 Å². The molecule has 88 valence electrons. The summed E-state index contributed by atoms with van der Waals surface area (Å²) in [6.45, 7) is 3.84. The van der Waals surface area contributed by atoms with Gasteiger partial charge in [-0.05, 0) is 43.7 Å². The average molecular weight is 231 g/mol. The van der Waals surface area contributed by atoms with E-state index in [1.165, 1.54) is 12.1 Å². The van der Waals surface area contributed by atoms with Gasteiger partial charge in [0.1, 0.15) is 11.6 Å². The second-order valence-electron chi connectivity index (χ2n) is 3.98. The van der Waals surface area contributed by atoms with Crippen molar-refractivity contribution >= 4 is 5.82 Å². The van der Waals surface area contributed by atoms with Crippen LogP contribution < -0.4 is 5.32 Å². The molecule has 0 bridgehead atoms. The number of hydrogen-bond donors (Lipinski definition) is 1. The Bertz CT molecular complexity index is 496. The molecule has 2 rings (SSSR count). The van der Waals surface area contributed by atoms with Crippen molar-refractivity contribution in [3.05, 3.63) is 53.5 Å². The zero-order valence-corrected chi connectivity index (χ0v) is 9.81. The summed E-state index contributed by atoms with van der Waals surface area (Å²) in [5.74, 6) is 0.457. The first kappa shape index (κ1) is 11.5. The highest BCUT2D eigenvalue weighted by Gasteiger charge is 2.06. The Morgan fingerprint density at radius 3 is 2.65 bits per heavy atom. The van der Waals surface area contributed by atoms with E-state index in [4.69, 9.17) is 0 Å². The zero-order valence-electron chi connectivity index (χ0n) is 9.81. The van der Waals surface area contributed by atoms with Crippen LogP contribution in [0.5, 0.6) is 0 Å². The summed E-state index contributed by atoms with van der Waals surface area (Å²) in [6.07, 6.45) is 0. The first-order valence-corrected chi connectivity index (χ1v) is 5.47. The maximum Gasteiger partial charge on any atom is 0.149 e. The van der Waals surface area contributed by atoms with E-state index in [-0.39, 0.29) is 11.9 Å². The Labute approximate surface area is 99.7 Å². The Morgan fingerprint density at radius 1 is 1.18 bits per heavy atom. The lowest BCUT2D eigenvalue weighted by molar-refractivity contribution is 0.623. The molecule has 1 heterocycles. The van der Waals surface area contributed by atoms with Gasteiger partial charge in [0.15, 0.2) is 0 Å². The van der Waals surface area contributed by atoms with Crippen molar-refractivity contribution in [1.29, 1.82) is 0 Å². The van der Waals surface area contributed by atoms with Crippen LogP contribution >= 0.6 is 0 Å². The van der Waals surface area contributed by atoms with Crippen LogP contribution in [0.3, 0.4) is 0 Å². The van der Waals surface area contributed by atoms with Gasteiger partial charge in [-0.15, -0.1) is 5.10 Å². The van der Waals surface area contributed by atoms with Gasteiger partial charge >= 0.3 is 0 Å². The van der Waals surface area contributed by atoms with Crippen LogP contribution in [0.1, 0.15) is 24.2 Å². The number of anilines is 1. The molecule has 1 atom stereocenters. The van der Waals surface area contributed by atoms with Crippen LogP contribution in [0, 0.1) is 12.7 Å². The summed E-state index contributed by atoms with van der Waals surface area (Å²) in [5, 5.41) is 11.1. The minimum Gasteiger partial charge on any atom is -0.362 e. The zero-order chi connectivity index (χ0) is 12.3. The van der Waals surface area contributed by atoms with E-state index in [0.29, 0.717) is 5.82 Å². The molecule has 0 radical (unpaired) electrons. The maximum absolute atomic E-state index is 13.1. The number of benzene rings is 1. The third-order valence-electron chi connectivity index (χ3n) is 2.51. The molecule has 1 N–H and O–H groups in total. The molecular weight excluding hydrogens is 217 g/mol. The Balaban J connectivity index is 2.11. The summed E-state index contributed by atoms with van der Waals surface area (Å²) >= 11 is 0. The van der Waals surface area contributed by atoms with Crippen molar-refractivity contribution < 1.29 is 4.39 Å². The van der Waals surface area contributed by atoms with Crippen LogP contribution in [0.4, 0.5) is 10.2 Å². The lowest BCUT2D eigenvalue weighted by Crippen LogP contribution is -2.08. The largest absolute Gasteiger partial charge is 0.362 e. The van der Waals surface area contributed by atoms with Crippen LogP contribution in [-0.4, -0.2) is 10.2 Å². The van der Waals surface area contributed by atoms with Crippen molar-refractivity contribution in [3.8, 4) is 0 Å². The third kappa shape index (κ3) is 3.00. The fraction of sp³-hybridized carbons (Fsp3) is 0.231. The van der Waals surface area contributed by atoms with E-state index >= 15 is 0 Å². The van der Waals surface area contributed by atoms with Gasteiger partial charge in [-0.1, -0.05) is 12.1 Å². The van der Waals surface area contributed by atoms with Gasteiger partial charge in [-0.25, -0.2) is 4.39 Å². The van der Waals surface area contributed by atoms with Crippen molar-refractivity contribution in [2.45, 2.75) is 19.9 Å². The predicted octanol–water partition coefficient (Wildman–Crippen LogP) is 3.10. The summed E-state index contributed by atoms with van der Waals surface area (Å²) < 4.78 is 13.1.